The molecule has 2 aromatic rings. The predicted molar refractivity (Wildman–Crippen MR) is 103 cm³/mol. The average molecular weight is 371 g/mol. The van der Waals surface area contributed by atoms with Gasteiger partial charge in [0.15, 0.2) is 0 Å². The number of carbonyl (C=O) groups excluding carboxylic acids is 1. The molecule has 0 unspecified atom stereocenters. The van der Waals surface area contributed by atoms with E-state index >= 15 is 0 Å². The second-order valence-corrected chi connectivity index (χ2v) is 7.36. The number of aryl methyl sites for hydroxylation is 1. The number of anilines is 1. The average Bonchev–Trinajstić information content (AvgIpc) is 2.65. The van der Waals surface area contributed by atoms with Gasteiger partial charge in [-0.25, -0.2) is 12.7 Å². The number of rotatable bonds is 7. The molecule has 0 bridgehead atoms. The molecule has 26 heavy (non-hydrogen) atoms. The van der Waals surface area contributed by atoms with E-state index in [4.69, 9.17) is 0 Å². The van der Waals surface area contributed by atoms with Crippen LogP contribution in [0.15, 0.2) is 72.3 Å². The van der Waals surface area contributed by atoms with Crippen LogP contribution in [0.5, 0.6) is 0 Å². The number of esters is 1. The molecule has 0 amide bonds. The van der Waals surface area contributed by atoms with Gasteiger partial charge in [0, 0.05) is 6.20 Å². The highest BCUT2D eigenvalue weighted by molar-refractivity contribution is 7.93. The van der Waals surface area contributed by atoms with E-state index in [2.05, 4.69) is 11.3 Å². The highest BCUT2D eigenvalue weighted by Gasteiger charge is 2.24. The van der Waals surface area contributed by atoms with Crippen LogP contribution in [0.4, 0.5) is 5.69 Å². The van der Waals surface area contributed by atoms with Crippen molar-refractivity contribution in [1.29, 1.82) is 0 Å². The molecular formula is C20H21NO4S. The van der Waals surface area contributed by atoms with Gasteiger partial charge < -0.3 is 4.74 Å². The van der Waals surface area contributed by atoms with Crippen LogP contribution < -0.4 is 4.31 Å². The summed E-state index contributed by atoms with van der Waals surface area (Å²) < 4.78 is 32.1. The second-order valence-electron chi connectivity index (χ2n) is 5.54. The zero-order valence-corrected chi connectivity index (χ0v) is 15.6. The number of ether oxygens (including phenoxy) is 1. The Kier molecular flexibility index (Phi) is 6.36. The summed E-state index contributed by atoms with van der Waals surface area (Å²) in [6, 6.07) is 13.6. The summed E-state index contributed by atoms with van der Waals surface area (Å²) in [6.07, 6.45) is 4.37. The van der Waals surface area contributed by atoms with Gasteiger partial charge in [0.25, 0.3) is 10.0 Å². The maximum Gasteiger partial charge on any atom is 0.309 e. The molecule has 2 aromatic carbocycles. The molecule has 5 nitrogen and oxygen atoms in total. The van der Waals surface area contributed by atoms with Crippen molar-refractivity contribution < 1.29 is 17.9 Å². The van der Waals surface area contributed by atoms with Gasteiger partial charge >= 0.3 is 5.97 Å². The third-order valence-electron chi connectivity index (χ3n) is 3.72. The molecule has 0 saturated heterocycles. The summed E-state index contributed by atoms with van der Waals surface area (Å²) >= 11 is 0. The summed E-state index contributed by atoms with van der Waals surface area (Å²) in [6.45, 7) is 5.63. The van der Waals surface area contributed by atoms with Gasteiger partial charge in [-0.15, -0.1) is 0 Å². The number of carbonyl (C=O) groups is 1. The third-order valence-corrected chi connectivity index (χ3v) is 5.43. The Morgan fingerprint density at radius 2 is 1.81 bits per heavy atom. The van der Waals surface area contributed by atoms with Crippen molar-refractivity contribution in [2.45, 2.75) is 18.2 Å². The first-order valence-electron chi connectivity index (χ1n) is 7.96. The van der Waals surface area contributed by atoms with E-state index < -0.39 is 16.0 Å². The molecule has 0 saturated carbocycles. The van der Waals surface area contributed by atoms with Crippen molar-refractivity contribution in [3.63, 3.8) is 0 Å². The SMILES string of the molecule is C=Cc1ccccc1N(/C=C/CC(=O)OC)S(=O)(=O)c1ccc(C)cc1. The van der Waals surface area contributed by atoms with Crippen molar-refractivity contribution in [1.82, 2.24) is 0 Å². The van der Waals surface area contributed by atoms with Crippen molar-refractivity contribution in [3.05, 3.63) is 78.5 Å². The number of hydrogen-bond acceptors (Lipinski definition) is 4. The highest BCUT2D eigenvalue weighted by Crippen LogP contribution is 2.28. The summed E-state index contributed by atoms with van der Waals surface area (Å²) in [5.41, 5.74) is 2.07. The standard InChI is InChI=1S/C20H21NO4S/c1-4-17-8-5-6-9-19(17)21(15-7-10-20(22)25-3)26(23,24)18-13-11-16(2)12-14-18/h4-9,11-15H,1,10H2,2-3H3/b15-7+. The van der Waals surface area contributed by atoms with Crippen molar-refractivity contribution >= 4 is 27.8 Å². The first-order valence-corrected chi connectivity index (χ1v) is 9.40. The Morgan fingerprint density at radius 3 is 2.42 bits per heavy atom. The van der Waals surface area contributed by atoms with Crippen molar-refractivity contribution in [2.24, 2.45) is 0 Å². The lowest BCUT2D eigenvalue weighted by atomic mass is 10.2. The number of benzene rings is 2. The van der Waals surface area contributed by atoms with Crippen LogP contribution >= 0.6 is 0 Å². The molecule has 6 heteroatoms. The van der Waals surface area contributed by atoms with Gasteiger partial charge in [-0.05, 0) is 30.7 Å². The minimum atomic E-state index is -3.86. The Morgan fingerprint density at radius 1 is 1.15 bits per heavy atom. The molecule has 0 heterocycles. The molecule has 0 aliphatic carbocycles. The summed E-state index contributed by atoms with van der Waals surface area (Å²) in [4.78, 5) is 11.5. The molecule has 2 rings (SSSR count). The molecule has 136 valence electrons. The first-order chi connectivity index (χ1) is 12.4. The summed E-state index contributed by atoms with van der Waals surface area (Å²) in [7, 11) is -2.58. The fourth-order valence-corrected chi connectivity index (χ4v) is 3.68. The smallest absolute Gasteiger partial charge is 0.309 e. The van der Waals surface area contributed by atoms with E-state index in [1.807, 2.05) is 6.92 Å². The van der Waals surface area contributed by atoms with E-state index in [1.54, 1.807) is 54.6 Å². The van der Waals surface area contributed by atoms with Crippen LogP contribution in [0.2, 0.25) is 0 Å². The quantitative estimate of drug-likeness (QED) is 0.692. The largest absolute Gasteiger partial charge is 0.469 e. The number of sulfonamides is 1. The van der Waals surface area contributed by atoms with E-state index in [1.165, 1.54) is 19.4 Å². The van der Waals surface area contributed by atoms with Crippen LogP contribution in [0.3, 0.4) is 0 Å². The molecule has 0 fully saturated rings. The summed E-state index contributed by atoms with van der Waals surface area (Å²) in [5.74, 6) is -0.453. The van der Waals surface area contributed by atoms with Gasteiger partial charge in [-0.3, -0.25) is 4.79 Å². The van der Waals surface area contributed by atoms with E-state index in [0.717, 1.165) is 9.87 Å². The molecule has 0 aromatic heterocycles. The molecule has 0 radical (unpaired) electrons. The lowest BCUT2D eigenvalue weighted by Gasteiger charge is -2.22. The number of methoxy groups -OCH3 is 1. The fourth-order valence-electron chi connectivity index (χ4n) is 2.30. The van der Waals surface area contributed by atoms with Crippen molar-refractivity contribution in [3.8, 4) is 0 Å². The molecule has 0 atom stereocenters. The zero-order chi connectivity index (χ0) is 19.2. The van der Waals surface area contributed by atoms with Crippen LogP contribution in [0.25, 0.3) is 6.08 Å². The van der Waals surface area contributed by atoms with Crippen LogP contribution in [0.1, 0.15) is 17.5 Å². The molecule has 0 spiro atoms. The second kappa shape index (κ2) is 8.49. The van der Waals surface area contributed by atoms with E-state index in [0.29, 0.717) is 11.3 Å². The Balaban J connectivity index is 2.54. The van der Waals surface area contributed by atoms with E-state index in [-0.39, 0.29) is 11.3 Å². The topological polar surface area (TPSA) is 63.7 Å². The van der Waals surface area contributed by atoms with Gasteiger partial charge in [-0.2, -0.15) is 0 Å². The van der Waals surface area contributed by atoms with E-state index in [9.17, 15) is 13.2 Å². The summed E-state index contributed by atoms with van der Waals surface area (Å²) in [5, 5.41) is 0. The Hall–Kier alpha value is -2.86. The van der Waals surface area contributed by atoms with Gasteiger partial charge in [0.05, 0.1) is 24.1 Å². The fraction of sp³-hybridized carbons (Fsp3) is 0.150. The third kappa shape index (κ3) is 4.40. The first kappa shape index (κ1) is 19.5. The van der Waals surface area contributed by atoms with Crippen LogP contribution in [-0.4, -0.2) is 21.5 Å². The molecule has 0 N–H and O–H groups in total. The lowest BCUT2D eigenvalue weighted by molar-refractivity contribution is -0.139. The van der Waals surface area contributed by atoms with Gasteiger partial charge in [0.2, 0.25) is 0 Å². The minimum Gasteiger partial charge on any atom is -0.469 e. The minimum absolute atomic E-state index is 0.0350. The number of para-hydroxylation sites is 1. The Labute approximate surface area is 154 Å². The molecular weight excluding hydrogens is 350 g/mol. The maximum atomic E-state index is 13.2. The van der Waals surface area contributed by atoms with Crippen molar-refractivity contribution in [2.75, 3.05) is 11.4 Å². The van der Waals surface area contributed by atoms with Gasteiger partial charge in [-0.1, -0.05) is 54.6 Å². The molecule has 0 aliphatic rings. The predicted octanol–water partition coefficient (Wildman–Crippen LogP) is 3.91. The number of hydrogen-bond donors (Lipinski definition) is 0. The lowest BCUT2D eigenvalue weighted by Crippen LogP contribution is -2.26. The molecule has 0 aliphatic heterocycles. The maximum absolute atomic E-state index is 13.2. The highest BCUT2D eigenvalue weighted by atomic mass is 32.2. The monoisotopic (exact) mass is 371 g/mol. The van der Waals surface area contributed by atoms with Crippen LogP contribution in [0, 0.1) is 6.92 Å². The normalized spacial score (nSPS) is 11.3. The Bertz CT molecular complexity index is 915. The van der Waals surface area contributed by atoms with Gasteiger partial charge in [0.1, 0.15) is 0 Å². The van der Waals surface area contributed by atoms with Crippen LogP contribution in [-0.2, 0) is 19.6 Å². The zero-order valence-electron chi connectivity index (χ0n) is 14.8. The number of nitrogens with zero attached hydrogens (tertiary/aromatic N) is 1.